The summed E-state index contributed by atoms with van der Waals surface area (Å²) in [6, 6.07) is 5.60. The second kappa shape index (κ2) is 4.34. The van der Waals surface area contributed by atoms with E-state index in [1.54, 1.807) is 17.8 Å². The zero-order valence-electron chi connectivity index (χ0n) is 9.67. The van der Waals surface area contributed by atoms with Crippen LogP contribution >= 0.6 is 11.8 Å². The minimum atomic E-state index is -3.44. The van der Waals surface area contributed by atoms with Gasteiger partial charge in [-0.2, -0.15) is 0 Å². The molecule has 0 aromatic heterocycles. The van der Waals surface area contributed by atoms with Crippen molar-refractivity contribution in [3.05, 3.63) is 29.3 Å². The van der Waals surface area contributed by atoms with Crippen LogP contribution in [0.25, 0.3) is 0 Å². The Morgan fingerprint density at radius 3 is 2.76 bits per heavy atom. The Kier molecular flexibility index (Phi) is 3.18. The Morgan fingerprint density at radius 2 is 2.12 bits per heavy atom. The number of hydrogen-bond acceptors (Lipinski definition) is 4. The van der Waals surface area contributed by atoms with Crippen LogP contribution < -0.4 is 5.73 Å². The zero-order valence-corrected chi connectivity index (χ0v) is 11.3. The Bertz CT molecular complexity index is 577. The van der Waals surface area contributed by atoms with E-state index in [0.29, 0.717) is 5.25 Å². The topological polar surface area (TPSA) is 72.5 Å². The molecule has 4 nitrogen and oxygen atoms in total. The van der Waals surface area contributed by atoms with Gasteiger partial charge >= 0.3 is 0 Å². The number of amidine groups is 1. The highest BCUT2D eigenvalue weighted by atomic mass is 32.2. The lowest BCUT2D eigenvalue weighted by atomic mass is 10.1. The van der Waals surface area contributed by atoms with Gasteiger partial charge in [0.2, 0.25) is 0 Å². The summed E-state index contributed by atoms with van der Waals surface area (Å²) in [5.74, 6) is 0.0465. The van der Waals surface area contributed by atoms with Crippen LogP contribution in [0.1, 0.15) is 25.0 Å². The molecule has 1 heterocycles. The molecule has 0 atom stereocenters. The first-order valence-electron chi connectivity index (χ1n) is 5.26. The van der Waals surface area contributed by atoms with Gasteiger partial charge in [-0.25, -0.2) is 8.42 Å². The lowest BCUT2D eigenvalue weighted by Crippen LogP contribution is -2.24. The molecule has 0 amide bonds. The molecule has 6 heteroatoms. The monoisotopic (exact) mass is 270 g/mol. The summed E-state index contributed by atoms with van der Waals surface area (Å²) in [6.07, 6.45) is 0. The Morgan fingerprint density at radius 1 is 1.41 bits per heavy atom. The third-order valence-electron chi connectivity index (χ3n) is 2.31. The van der Waals surface area contributed by atoms with Gasteiger partial charge in [-0.3, -0.25) is 0 Å². The predicted molar refractivity (Wildman–Crippen MR) is 70.8 cm³/mol. The normalized spacial score (nSPS) is 17.7. The van der Waals surface area contributed by atoms with Crippen LogP contribution in [0.5, 0.6) is 0 Å². The van der Waals surface area contributed by atoms with Crippen molar-refractivity contribution < 1.29 is 8.42 Å². The quantitative estimate of drug-likeness (QED) is 0.831. The Hall–Kier alpha value is -1.01. The first-order valence-corrected chi connectivity index (χ1v) is 7.75. The van der Waals surface area contributed by atoms with Gasteiger partial charge in [0, 0.05) is 15.7 Å². The smallest absolute Gasteiger partial charge is 0.259 e. The van der Waals surface area contributed by atoms with Crippen LogP contribution in [0.2, 0.25) is 0 Å². The Labute approximate surface area is 105 Å². The van der Waals surface area contributed by atoms with Gasteiger partial charge in [-0.15, -0.1) is 16.2 Å². The molecule has 2 rings (SSSR count). The number of hydrogen-bond donors (Lipinski definition) is 1. The van der Waals surface area contributed by atoms with Crippen LogP contribution in [0, 0.1) is 0 Å². The summed E-state index contributed by atoms with van der Waals surface area (Å²) in [5, 5.41) is 0.410. The molecule has 1 aliphatic heterocycles. The van der Waals surface area contributed by atoms with E-state index in [-0.39, 0.29) is 11.6 Å². The molecule has 1 aliphatic rings. The van der Waals surface area contributed by atoms with E-state index in [1.165, 1.54) is 0 Å². The van der Waals surface area contributed by atoms with Gasteiger partial charge in [0.25, 0.3) is 10.0 Å². The van der Waals surface area contributed by atoms with Crippen molar-refractivity contribution in [2.75, 3.05) is 0 Å². The molecule has 0 aliphatic carbocycles. The number of fused-ring (bicyclic) bond motifs is 1. The van der Waals surface area contributed by atoms with E-state index in [0.717, 1.165) is 16.0 Å². The predicted octanol–water partition coefficient (Wildman–Crippen LogP) is 1.74. The minimum Gasteiger partial charge on any atom is -0.382 e. The van der Waals surface area contributed by atoms with Crippen LogP contribution in [0.15, 0.2) is 27.5 Å². The maximum atomic E-state index is 11.5. The first kappa shape index (κ1) is 12.4. The fourth-order valence-corrected chi connectivity index (χ4v) is 3.87. The maximum Gasteiger partial charge on any atom is 0.259 e. The molecular weight excluding hydrogens is 256 g/mol. The number of benzene rings is 1. The number of thioether (sulfide) groups is 1. The summed E-state index contributed by atoms with van der Waals surface area (Å²) in [4.78, 5) is 0.994. The van der Waals surface area contributed by atoms with Gasteiger partial charge in [0.1, 0.15) is 5.84 Å². The molecule has 1 aromatic carbocycles. The highest BCUT2D eigenvalue weighted by molar-refractivity contribution is 8.00. The van der Waals surface area contributed by atoms with Gasteiger partial charge < -0.3 is 5.73 Å². The second-order valence-electron chi connectivity index (χ2n) is 4.16. The molecule has 0 unspecified atom stereocenters. The van der Waals surface area contributed by atoms with E-state index >= 15 is 0 Å². The van der Waals surface area contributed by atoms with Crippen LogP contribution in [0.3, 0.4) is 0 Å². The molecular formula is C11H14N2O2S2. The van der Waals surface area contributed by atoms with Crippen molar-refractivity contribution in [3.8, 4) is 0 Å². The largest absolute Gasteiger partial charge is 0.382 e. The first-order chi connectivity index (χ1) is 7.89. The molecule has 0 radical (unpaired) electrons. The maximum absolute atomic E-state index is 11.5. The van der Waals surface area contributed by atoms with E-state index in [9.17, 15) is 8.42 Å². The van der Waals surface area contributed by atoms with E-state index in [1.807, 2.05) is 12.1 Å². The van der Waals surface area contributed by atoms with Crippen molar-refractivity contribution in [1.82, 2.24) is 0 Å². The molecule has 17 heavy (non-hydrogen) atoms. The van der Waals surface area contributed by atoms with Gasteiger partial charge in [0.05, 0.1) is 5.75 Å². The van der Waals surface area contributed by atoms with Crippen LogP contribution in [-0.4, -0.2) is 19.5 Å². The highest BCUT2D eigenvalue weighted by Crippen LogP contribution is 2.31. The third-order valence-corrected chi connectivity index (χ3v) is 4.52. The summed E-state index contributed by atoms with van der Waals surface area (Å²) in [7, 11) is -3.44. The van der Waals surface area contributed by atoms with Crippen LogP contribution in [-0.2, 0) is 15.8 Å². The third kappa shape index (κ3) is 2.63. The molecule has 0 fully saturated rings. The number of sulfonamides is 1. The Balaban J connectivity index is 2.56. The molecule has 0 saturated carbocycles. The zero-order chi connectivity index (χ0) is 12.6. The minimum absolute atomic E-state index is 0.0600. The van der Waals surface area contributed by atoms with E-state index in [2.05, 4.69) is 18.2 Å². The molecule has 1 aromatic rings. The fourth-order valence-electron chi connectivity index (χ4n) is 1.76. The summed E-state index contributed by atoms with van der Waals surface area (Å²) < 4.78 is 26.5. The average Bonchev–Trinajstić information content (AvgIpc) is 2.13. The van der Waals surface area contributed by atoms with Gasteiger partial charge in [-0.1, -0.05) is 26.0 Å². The average molecular weight is 270 g/mol. The number of nitrogens with zero attached hydrogens (tertiary/aromatic N) is 1. The summed E-state index contributed by atoms with van der Waals surface area (Å²) in [6.45, 7) is 4.16. The van der Waals surface area contributed by atoms with E-state index in [4.69, 9.17) is 5.73 Å². The van der Waals surface area contributed by atoms with Crippen LogP contribution in [0.4, 0.5) is 0 Å². The van der Waals surface area contributed by atoms with Gasteiger partial charge in [0.15, 0.2) is 0 Å². The SMILES string of the molecule is CC(C)Sc1cccc2c1C(N)=NS(=O)(=O)C2. The highest BCUT2D eigenvalue weighted by Gasteiger charge is 2.24. The van der Waals surface area contributed by atoms with Crippen molar-refractivity contribution in [3.63, 3.8) is 0 Å². The fraction of sp³-hybridized carbons (Fsp3) is 0.364. The van der Waals surface area contributed by atoms with Crippen molar-refractivity contribution in [2.45, 2.75) is 29.7 Å². The molecule has 0 spiro atoms. The number of nitrogens with two attached hydrogens (primary N) is 1. The lowest BCUT2D eigenvalue weighted by Gasteiger charge is -2.18. The second-order valence-corrected chi connectivity index (χ2v) is 7.41. The molecule has 0 bridgehead atoms. The summed E-state index contributed by atoms with van der Waals surface area (Å²) >= 11 is 1.66. The standard InChI is InChI=1S/C11H14N2O2S2/c1-7(2)16-9-5-3-4-8-6-17(14,15)13-11(12)10(8)9/h3-5,7H,6H2,1-2H3,(H2,12,13). The summed E-state index contributed by atoms with van der Waals surface area (Å²) in [5.41, 5.74) is 7.27. The van der Waals surface area contributed by atoms with Crippen molar-refractivity contribution in [2.24, 2.45) is 10.1 Å². The molecule has 92 valence electrons. The van der Waals surface area contributed by atoms with Crippen molar-refractivity contribution >= 4 is 27.6 Å². The van der Waals surface area contributed by atoms with Gasteiger partial charge in [-0.05, 0) is 11.6 Å². The van der Waals surface area contributed by atoms with E-state index < -0.39 is 10.0 Å². The van der Waals surface area contributed by atoms with Crippen molar-refractivity contribution in [1.29, 1.82) is 0 Å². The molecule has 2 N–H and O–H groups in total. The molecule has 0 saturated heterocycles. The lowest BCUT2D eigenvalue weighted by molar-refractivity contribution is 0.596. The number of rotatable bonds is 2.